The third-order valence-corrected chi connectivity index (χ3v) is 7.11. The number of pyridine rings is 1. The number of aryl methyl sites for hydroxylation is 1. The number of aromatic nitrogens is 2. The van der Waals surface area contributed by atoms with Gasteiger partial charge < -0.3 is 19.8 Å². The second-order valence-electron chi connectivity index (χ2n) is 11.2. The van der Waals surface area contributed by atoms with Crippen molar-refractivity contribution in [3.05, 3.63) is 87.7 Å². The fourth-order valence-electron chi connectivity index (χ4n) is 4.84. The van der Waals surface area contributed by atoms with Gasteiger partial charge in [-0.2, -0.15) is 0 Å². The number of rotatable bonds is 12. The number of carbonyl (C=O) groups is 2. The zero-order chi connectivity index (χ0) is 30.3. The van der Waals surface area contributed by atoms with Crippen LogP contribution in [0.4, 0.5) is 0 Å². The number of H-pyrrole nitrogens is 1. The van der Waals surface area contributed by atoms with E-state index in [9.17, 15) is 9.59 Å². The maximum Gasteiger partial charge on any atom is 0.338 e. The Bertz CT molecular complexity index is 1510. The molecule has 0 saturated heterocycles. The van der Waals surface area contributed by atoms with Crippen LogP contribution < -0.4 is 5.32 Å². The van der Waals surface area contributed by atoms with Gasteiger partial charge in [-0.25, -0.2) is 4.79 Å². The summed E-state index contributed by atoms with van der Waals surface area (Å²) >= 11 is 12.7. The zero-order valence-corrected chi connectivity index (χ0v) is 25.9. The lowest BCUT2D eigenvalue weighted by molar-refractivity contribution is -0.157. The van der Waals surface area contributed by atoms with Gasteiger partial charge in [-0.15, -0.1) is 0 Å². The molecule has 2 aromatic carbocycles. The summed E-state index contributed by atoms with van der Waals surface area (Å²) in [5.74, 6) is -0.755. The molecular weight excluding hydrogens is 573 g/mol. The SMILES string of the molecule is CCOC(=O)c1ccc2[nH]c(-c3cc(Cl)cc(Cl)c3)c(CC(NCCCCc3cccnc3)C(=O)OC(C)(C)C)c2c1. The van der Waals surface area contributed by atoms with Gasteiger partial charge in [-0.1, -0.05) is 29.3 Å². The predicted molar refractivity (Wildman–Crippen MR) is 168 cm³/mol. The Hall–Kier alpha value is -3.39. The van der Waals surface area contributed by atoms with E-state index >= 15 is 0 Å². The molecular formula is C33H37Cl2N3O4. The van der Waals surface area contributed by atoms with Gasteiger partial charge in [0.05, 0.1) is 12.2 Å². The molecule has 0 radical (unpaired) electrons. The minimum absolute atomic E-state index is 0.272. The molecule has 0 bridgehead atoms. The lowest BCUT2D eigenvalue weighted by Gasteiger charge is -2.25. The molecule has 9 heteroatoms. The number of unbranched alkanes of at least 4 members (excludes halogenated alkanes) is 1. The van der Waals surface area contributed by atoms with Crippen molar-refractivity contribution in [2.24, 2.45) is 0 Å². The third kappa shape index (κ3) is 8.57. The molecule has 0 aliphatic carbocycles. The summed E-state index contributed by atoms with van der Waals surface area (Å²) in [6.07, 6.45) is 6.67. The number of nitrogens with zero attached hydrogens (tertiary/aromatic N) is 1. The maximum absolute atomic E-state index is 13.5. The molecule has 2 aromatic heterocycles. The van der Waals surface area contributed by atoms with Gasteiger partial charge in [-0.05, 0) is 107 Å². The highest BCUT2D eigenvalue weighted by molar-refractivity contribution is 6.35. The van der Waals surface area contributed by atoms with E-state index in [0.717, 1.165) is 47.0 Å². The Morgan fingerprint density at radius 1 is 1.05 bits per heavy atom. The first kappa shape index (κ1) is 31.5. The number of benzene rings is 2. The summed E-state index contributed by atoms with van der Waals surface area (Å²) < 4.78 is 11.1. The van der Waals surface area contributed by atoms with E-state index in [0.29, 0.717) is 28.6 Å². The summed E-state index contributed by atoms with van der Waals surface area (Å²) in [6.45, 7) is 8.23. The molecule has 7 nitrogen and oxygen atoms in total. The van der Waals surface area contributed by atoms with Crippen molar-refractivity contribution >= 4 is 46.0 Å². The topological polar surface area (TPSA) is 93.3 Å². The number of aromatic amines is 1. The van der Waals surface area contributed by atoms with E-state index in [1.54, 1.807) is 31.3 Å². The van der Waals surface area contributed by atoms with E-state index in [-0.39, 0.29) is 12.6 Å². The maximum atomic E-state index is 13.5. The Kier molecular flexibility index (Phi) is 10.7. The molecule has 4 aromatic rings. The molecule has 4 rings (SSSR count). The van der Waals surface area contributed by atoms with Gasteiger partial charge in [0.25, 0.3) is 0 Å². The predicted octanol–water partition coefficient (Wildman–Crippen LogP) is 7.58. The molecule has 0 spiro atoms. The van der Waals surface area contributed by atoms with Gasteiger partial charge >= 0.3 is 11.9 Å². The first-order chi connectivity index (χ1) is 20.0. The lowest BCUT2D eigenvalue weighted by atomic mass is 9.97. The Balaban J connectivity index is 1.67. The van der Waals surface area contributed by atoms with E-state index < -0.39 is 17.6 Å². The minimum atomic E-state index is -0.655. The normalized spacial score (nSPS) is 12.3. The number of hydrogen-bond donors (Lipinski definition) is 2. The molecule has 0 fully saturated rings. The highest BCUT2D eigenvalue weighted by atomic mass is 35.5. The first-order valence-corrected chi connectivity index (χ1v) is 14.9. The second-order valence-corrected chi connectivity index (χ2v) is 12.1. The molecule has 2 heterocycles. The van der Waals surface area contributed by atoms with Crippen LogP contribution in [0.1, 0.15) is 62.0 Å². The van der Waals surface area contributed by atoms with Gasteiger partial charge in [0.15, 0.2) is 0 Å². The van der Waals surface area contributed by atoms with Crippen LogP contribution in [0.5, 0.6) is 0 Å². The molecule has 42 heavy (non-hydrogen) atoms. The number of halogens is 2. The fraction of sp³-hybridized carbons (Fsp3) is 0.364. The highest BCUT2D eigenvalue weighted by Crippen LogP contribution is 2.35. The van der Waals surface area contributed by atoms with Crippen molar-refractivity contribution in [1.82, 2.24) is 15.3 Å². The van der Waals surface area contributed by atoms with E-state index in [4.69, 9.17) is 32.7 Å². The van der Waals surface area contributed by atoms with Crippen LogP contribution in [0.15, 0.2) is 60.9 Å². The summed E-state index contributed by atoms with van der Waals surface area (Å²) in [6, 6.07) is 14.0. The van der Waals surface area contributed by atoms with Gasteiger partial charge in [0.2, 0.25) is 0 Å². The molecule has 2 N–H and O–H groups in total. The van der Waals surface area contributed by atoms with Gasteiger partial charge in [0, 0.05) is 51.0 Å². The summed E-state index contributed by atoms with van der Waals surface area (Å²) in [5.41, 5.74) is 4.15. The van der Waals surface area contributed by atoms with E-state index in [1.165, 1.54) is 5.56 Å². The van der Waals surface area contributed by atoms with Crippen LogP contribution in [0, 0.1) is 0 Å². The molecule has 0 saturated carbocycles. The summed E-state index contributed by atoms with van der Waals surface area (Å²) in [7, 11) is 0. The highest BCUT2D eigenvalue weighted by Gasteiger charge is 2.28. The Labute approximate surface area is 256 Å². The first-order valence-electron chi connectivity index (χ1n) is 14.2. The van der Waals surface area contributed by atoms with Crippen LogP contribution in [-0.4, -0.2) is 46.7 Å². The molecule has 0 amide bonds. The number of carbonyl (C=O) groups excluding carboxylic acids is 2. The number of fused-ring (bicyclic) bond motifs is 1. The molecule has 0 aliphatic rings. The third-order valence-electron chi connectivity index (χ3n) is 6.67. The second kappa shape index (κ2) is 14.2. The number of esters is 2. The minimum Gasteiger partial charge on any atom is -0.462 e. The summed E-state index contributed by atoms with van der Waals surface area (Å²) in [5, 5.41) is 5.23. The molecule has 1 unspecified atom stereocenters. The smallest absolute Gasteiger partial charge is 0.338 e. The molecule has 0 aliphatic heterocycles. The summed E-state index contributed by atoms with van der Waals surface area (Å²) in [4.78, 5) is 33.8. The van der Waals surface area contributed by atoms with Crippen molar-refractivity contribution in [3.8, 4) is 11.3 Å². The number of ether oxygens (including phenoxy) is 2. The average Bonchev–Trinajstić information content (AvgIpc) is 3.29. The molecule has 222 valence electrons. The van der Waals surface area contributed by atoms with Crippen LogP contribution in [0.25, 0.3) is 22.2 Å². The monoisotopic (exact) mass is 609 g/mol. The van der Waals surface area contributed by atoms with Crippen LogP contribution in [0.3, 0.4) is 0 Å². The van der Waals surface area contributed by atoms with Crippen molar-refractivity contribution < 1.29 is 19.1 Å². The van der Waals surface area contributed by atoms with Gasteiger partial charge in [-0.3, -0.25) is 9.78 Å². The van der Waals surface area contributed by atoms with E-state index in [2.05, 4.69) is 21.4 Å². The van der Waals surface area contributed by atoms with Crippen molar-refractivity contribution in [2.75, 3.05) is 13.2 Å². The largest absolute Gasteiger partial charge is 0.462 e. The zero-order valence-electron chi connectivity index (χ0n) is 24.4. The molecule has 1 atom stereocenters. The standard InChI is InChI=1S/C33H37Cl2N3O4/c1-5-41-31(39)22-11-12-28-26(17-22)27(30(38-28)23-15-24(34)18-25(35)16-23)19-29(32(40)42-33(2,3)4)37-14-7-6-9-21-10-8-13-36-20-21/h8,10-13,15-18,20,29,37-38H,5-7,9,14,19H2,1-4H3. The number of nitrogens with one attached hydrogen (secondary N) is 2. The quantitative estimate of drug-likeness (QED) is 0.127. The van der Waals surface area contributed by atoms with Crippen LogP contribution in [0.2, 0.25) is 10.0 Å². The number of hydrogen-bond acceptors (Lipinski definition) is 6. The Morgan fingerprint density at radius 2 is 1.81 bits per heavy atom. The Morgan fingerprint density at radius 3 is 2.48 bits per heavy atom. The van der Waals surface area contributed by atoms with Crippen molar-refractivity contribution in [2.45, 2.75) is 65.0 Å². The average molecular weight is 611 g/mol. The van der Waals surface area contributed by atoms with Crippen molar-refractivity contribution in [3.63, 3.8) is 0 Å². The fourth-order valence-corrected chi connectivity index (χ4v) is 5.36. The van der Waals surface area contributed by atoms with Gasteiger partial charge in [0.1, 0.15) is 11.6 Å². The van der Waals surface area contributed by atoms with Crippen LogP contribution >= 0.6 is 23.2 Å². The van der Waals surface area contributed by atoms with Crippen LogP contribution in [-0.2, 0) is 27.1 Å². The lowest BCUT2D eigenvalue weighted by Crippen LogP contribution is -2.43. The van der Waals surface area contributed by atoms with E-state index in [1.807, 2.05) is 51.2 Å². The van der Waals surface area contributed by atoms with Crippen molar-refractivity contribution in [1.29, 1.82) is 0 Å².